The van der Waals surface area contributed by atoms with Gasteiger partial charge < -0.3 is 24.3 Å². The second kappa shape index (κ2) is 12.2. The van der Waals surface area contributed by atoms with Crippen LogP contribution in [0, 0.1) is 6.92 Å². The smallest absolute Gasteiger partial charge is 0.306 e. The summed E-state index contributed by atoms with van der Waals surface area (Å²) in [5, 5.41) is 2.60. The van der Waals surface area contributed by atoms with Crippen molar-refractivity contribution < 1.29 is 37.0 Å². The Balaban J connectivity index is 1.28. The highest BCUT2D eigenvalue weighted by Crippen LogP contribution is 2.32. The summed E-state index contributed by atoms with van der Waals surface area (Å²) >= 11 is 0. The van der Waals surface area contributed by atoms with Gasteiger partial charge in [-0.3, -0.25) is 9.59 Å². The topological polar surface area (TPSA) is 129 Å². The molecule has 1 heterocycles. The lowest BCUT2D eigenvalue weighted by atomic mass is 10.2. The van der Waals surface area contributed by atoms with Crippen molar-refractivity contribution in [1.82, 2.24) is 10.0 Å². The lowest BCUT2D eigenvalue weighted by Crippen LogP contribution is -2.32. The second-order valence-electron chi connectivity index (χ2n) is 7.48. The molecule has 0 aromatic heterocycles. The number of benzene rings is 2. The van der Waals surface area contributed by atoms with Gasteiger partial charge in [-0.1, -0.05) is 12.1 Å². The summed E-state index contributed by atoms with van der Waals surface area (Å²) in [6, 6.07) is 11.9. The van der Waals surface area contributed by atoms with E-state index in [4.69, 9.17) is 18.9 Å². The summed E-state index contributed by atoms with van der Waals surface area (Å²) < 4.78 is 48.5. The summed E-state index contributed by atoms with van der Waals surface area (Å²) in [4.78, 5) is 23.6. The van der Waals surface area contributed by atoms with E-state index in [1.54, 1.807) is 6.07 Å². The monoisotopic (exact) mass is 492 g/mol. The molecule has 0 unspecified atom stereocenters. The summed E-state index contributed by atoms with van der Waals surface area (Å²) in [5.74, 6) is 0.545. The molecule has 1 aliphatic heterocycles. The van der Waals surface area contributed by atoms with Crippen LogP contribution < -0.4 is 24.2 Å². The molecule has 1 aliphatic rings. The van der Waals surface area contributed by atoms with Gasteiger partial charge in [0.05, 0.1) is 11.4 Å². The number of amides is 1. The van der Waals surface area contributed by atoms with E-state index in [1.807, 2.05) is 31.2 Å². The van der Waals surface area contributed by atoms with Crippen LogP contribution in [-0.2, 0) is 24.3 Å². The van der Waals surface area contributed by atoms with Gasteiger partial charge in [-0.2, -0.15) is 0 Å². The number of ether oxygens (including phenoxy) is 4. The molecule has 0 fully saturated rings. The molecule has 2 aromatic rings. The van der Waals surface area contributed by atoms with Crippen molar-refractivity contribution in [3.63, 3.8) is 0 Å². The van der Waals surface area contributed by atoms with Crippen molar-refractivity contribution in [3.05, 3.63) is 48.0 Å². The molecule has 0 bridgehead atoms. The fourth-order valence-corrected chi connectivity index (χ4v) is 4.14. The standard InChI is InChI=1S/C23H28N2O8S/c1-17-4-2-5-18(14-17)30-11-10-24-22(26)16-33-23(27)6-3-9-25-34(28,29)19-7-8-20-21(15-19)32-13-12-31-20/h2,4-5,7-8,14-15,25H,3,6,9-13,16H2,1H3,(H,24,26). The minimum atomic E-state index is -3.77. The Kier molecular flexibility index (Phi) is 9.11. The minimum Gasteiger partial charge on any atom is -0.492 e. The number of hydrogen-bond acceptors (Lipinski definition) is 8. The molecule has 0 radical (unpaired) electrons. The molecule has 0 saturated carbocycles. The molecule has 0 atom stereocenters. The predicted octanol–water partition coefficient (Wildman–Crippen LogP) is 1.56. The SMILES string of the molecule is Cc1cccc(OCCNC(=O)COC(=O)CCCNS(=O)(=O)c2ccc3c(c2)OCCO3)c1. The minimum absolute atomic E-state index is 0.0343. The predicted molar refractivity (Wildman–Crippen MR) is 122 cm³/mol. The van der Waals surface area contributed by atoms with E-state index < -0.39 is 28.5 Å². The molecule has 1 amide bonds. The quantitative estimate of drug-likeness (QED) is 0.337. The molecule has 184 valence electrons. The second-order valence-corrected chi connectivity index (χ2v) is 9.25. The zero-order chi connectivity index (χ0) is 24.4. The van der Waals surface area contributed by atoms with Gasteiger partial charge in [0.25, 0.3) is 5.91 Å². The Labute approximate surface area is 198 Å². The van der Waals surface area contributed by atoms with Crippen molar-refractivity contribution >= 4 is 21.9 Å². The van der Waals surface area contributed by atoms with Crippen molar-refractivity contribution in [2.24, 2.45) is 0 Å². The number of carbonyl (C=O) groups excluding carboxylic acids is 2. The zero-order valence-corrected chi connectivity index (χ0v) is 19.7. The summed E-state index contributed by atoms with van der Waals surface area (Å²) in [6.07, 6.45) is 0.183. The lowest BCUT2D eigenvalue weighted by Gasteiger charge is -2.18. The van der Waals surface area contributed by atoms with Crippen LogP contribution in [0.3, 0.4) is 0 Å². The molecule has 10 nitrogen and oxygen atoms in total. The molecular formula is C23H28N2O8S. The van der Waals surface area contributed by atoms with Crippen LogP contribution in [0.4, 0.5) is 0 Å². The van der Waals surface area contributed by atoms with E-state index in [9.17, 15) is 18.0 Å². The van der Waals surface area contributed by atoms with Crippen molar-refractivity contribution in [1.29, 1.82) is 0 Å². The van der Waals surface area contributed by atoms with E-state index >= 15 is 0 Å². The van der Waals surface area contributed by atoms with Crippen molar-refractivity contribution in [2.75, 3.05) is 39.5 Å². The Morgan fingerprint density at radius 3 is 2.62 bits per heavy atom. The Morgan fingerprint density at radius 1 is 1.03 bits per heavy atom. The highest BCUT2D eigenvalue weighted by molar-refractivity contribution is 7.89. The molecule has 34 heavy (non-hydrogen) atoms. The number of carbonyl (C=O) groups is 2. The highest BCUT2D eigenvalue weighted by Gasteiger charge is 2.19. The maximum Gasteiger partial charge on any atom is 0.306 e. The molecule has 0 spiro atoms. The zero-order valence-electron chi connectivity index (χ0n) is 18.9. The van der Waals surface area contributed by atoms with Gasteiger partial charge in [0.1, 0.15) is 25.6 Å². The first-order valence-electron chi connectivity index (χ1n) is 10.8. The van der Waals surface area contributed by atoms with E-state index in [2.05, 4.69) is 10.0 Å². The van der Waals surface area contributed by atoms with Crippen LogP contribution in [0.2, 0.25) is 0 Å². The highest BCUT2D eigenvalue weighted by atomic mass is 32.2. The average Bonchev–Trinajstić information content (AvgIpc) is 2.83. The number of nitrogens with one attached hydrogen (secondary N) is 2. The molecule has 2 N–H and O–H groups in total. The van der Waals surface area contributed by atoms with Crippen LogP contribution in [0.15, 0.2) is 47.4 Å². The first-order valence-corrected chi connectivity index (χ1v) is 12.3. The van der Waals surface area contributed by atoms with Crippen LogP contribution in [0.1, 0.15) is 18.4 Å². The fraction of sp³-hybridized carbons (Fsp3) is 0.391. The average molecular weight is 493 g/mol. The van der Waals surface area contributed by atoms with Gasteiger partial charge in [0.2, 0.25) is 10.0 Å². The largest absolute Gasteiger partial charge is 0.492 e. The van der Waals surface area contributed by atoms with Gasteiger partial charge >= 0.3 is 5.97 Å². The van der Waals surface area contributed by atoms with Crippen LogP contribution in [0.25, 0.3) is 0 Å². The van der Waals surface area contributed by atoms with E-state index in [0.717, 1.165) is 5.56 Å². The van der Waals surface area contributed by atoms with Crippen LogP contribution in [-0.4, -0.2) is 59.8 Å². The van der Waals surface area contributed by atoms with Crippen molar-refractivity contribution in [3.8, 4) is 17.2 Å². The third-order valence-electron chi connectivity index (χ3n) is 4.72. The van der Waals surface area contributed by atoms with E-state index in [0.29, 0.717) is 30.5 Å². The number of fused-ring (bicyclic) bond motifs is 1. The molecule has 0 aliphatic carbocycles. The number of sulfonamides is 1. The fourth-order valence-electron chi connectivity index (χ4n) is 3.05. The van der Waals surface area contributed by atoms with Crippen LogP contribution in [0.5, 0.6) is 17.2 Å². The Bertz CT molecular complexity index is 1100. The summed E-state index contributed by atoms with van der Waals surface area (Å²) in [7, 11) is -3.77. The van der Waals surface area contributed by atoms with Gasteiger partial charge in [0, 0.05) is 19.0 Å². The Morgan fingerprint density at radius 2 is 1.82 bits per heavy atom. The van der Waals surface area contributed by atoms with Gasteiger partial charge in [-0.15, -0.1) is 0 Å². The van der Waals surface area contributed by atoms with E-state index in [-0.39, 0.29) is 37.4 Å². The molecule has 3 rings (SSSR count). The van der Waals surface area contributed by atoms with Gasteiger partial charge in [-0.05, 0) is 43.2 Å². The maximum absolute atomic E-state index is 12.4. The third-order valence-corrected chi connectivity index (χ3v) is 6.18. The van der Waals surface area contributed by atoms with Crippen LogP contribution >= 0.6 is 0 Å². The number of aryl methyl sites for hydroxylation is 1. The van der Waals surface area contributed by atoms with Gasteiger partial charge in [-0.25, -0.2) is 13.1 Å². The first-order chi connectivity index (χ1) is 16.3. The van der Waals surface area contributed by atoms with E-state index in [1.165, 1.54) is 12.1 Å². The summed E-state index contributed by atoms with van der Waals surface area (Å²) in [6.45, 7) is 2.90. The lowest BCUT2D eigenvalue weighted by molar-refractivity contribution is -0.148. The Hall–Kier alpha value is -3.31. The third kappa shape index (κ3) is 7.92. The number of rotatable bonds is 12. The number of esters is 1. The first kappa shape index (κ1) is 25.3. The normalized spacial score (nSPS) is 12.6. The van der Waals surface area contributed by atoms with Gasteiger partial charge in [0.15, 0.2) is 18.1 Å². The molecule has 0 saturated heterocycles. The molecule has 11 heteroatoms. The molecular weight excluding hydrogens is 464 g/mol. The summed E-state index contributed by atoms with van der Waals surface area (Å²) in [5.41, 5.74) is 1.07. The maximum atomic E-state index is 12.4. The number of hydrogen-bond donors (Lipinski definition) is 2. The van der Waals surface area contributed by atoms with Crippen molar-refractivity contribution in [2.45, 2.75) is 24.7 Å². The molecule has 2 aromatic carbocycles.